The molecule has 1 aliphatic rings. The molecule has 2 heteroatoms. The smallest absolute Gasteiger partial charge is 0.0738 e. The van der Waals surface area contributed by atoms with Crippen LogP contribution >= 0.6 is 0 Å². The van der Waals surface area contributed by atoms with Crippen LogP contribution in [-0.4, -0.2) is 24.8 Å². The lowest BCUT2D eigenvalue weighted by atomic mass is 9.70. The van der Waals surface area contributed by atoms with E-state index >= 15 is 0 Å². The van der Waals surface area contributed by atoms with E-state index in [9.17, 15) is 0 Å². The molecule has 0 aromatic rings. The van der Waals surface area contributed by atoms with Crippen molar-refractivity contribution in [3.05, 3.63) is 0 Å². The topological polar surface area (TPSA) is 21.3 Å². The highest BCUT2D eigenvalue weighted by molar-refractivity contribution is 4.90. The van der Waals surface area contributed by atoms with Gasteiger partial charge in [-0.1, -0.05) is 27.7 Å². The van der Waals surface area contributed by atoms with Crippen molar-refractivity contribution in [3.63, 3.8) is 0 Å². The van der Waals surface area contributed by atoms with Crippen molar-refractivity contribution in [2.45, 2.75) is 85.0 Å². The molecule has 3 atom stereocenters. The van der Waals surface area contributed by atoms with Crippen LogP contribution in [0.2, 0.25) is 0 Å². The summed E-state index contributed by atoms with van der Waals surface area (Å²) >= 11 is 0. The molecule has 0 saturated heterocycles. The van der Waals surface area contributed by atoms with Gasteiger partial charge in [0.15, 0.2) is 0 Å². The van der Waals surface area contributed by atoms with Gasteiger partial charge in [0.05, 0.1) is 11.7 Å². The summed E-state index contributed by atoms with van der Waals surface area (Å²) in [4.78, 5) is 0. The summed E-state index contributed by atoms with van der Waals surface area (Å²) in [6.07, 6.45) is 5.19. The lowest BCUT2D eigenvalue weighted by Gasteiger charge is -2.44. The van der Waals surface area contributed by atoms with E-state index in [0.717, 1.165) is 12.3 Å². The van der Waals surface area contributed by atoms with Crippen molar-refractivity contribution >= 4 is 0 Å². The maximum Gasteiger partial charge on any atom is 0.0738 e. The second-order valence-electron chi connectivity index (χ2n) is 7.54. The van der Waals surface area contributed by atoms with Gasteiger partial charge in [0.1, 0.15) is 0 Å². The van der Waals surface area contributed by atoms with Crippen LogP contribution in [0.5, 0.6) is 0 Å². The van der Waals surface area contributed by atoms with E-state index in [1.165, 1.54) is 19.3 Å². The molecule has 0 aliphatic heterocycles. The summed E-state index contributed by atoms with van der Waals surface area (Å²) < 4.78 is 6.39. The van der Waals surface area contributed by atoms with Crippen molar-refractivity contribution in [2.75, 3.05) is 7.05 Å². The lowest BCUT2D eigenvalue weighted by Crippen LogP contribution is -2.49. The Morgan fingerprint density at radius 1 is 1.11 bits per heavy atom. The minimum Gasteiger partial charge on any atom is -0.371 e. The Morgan fingerprint density at radius 3 is 2.17 bits per heavy atom. The Bertz CT molecular complexity index is 254. The van der Waals surface area contributed by atoms with Gasteiger partial charge < -0.3 is 10.1 Å². The normalized spacial score (nSPS) is 30.5. The Morgan fingerprint density at radius 2 is 1.72 bits per heavy atom. The Labute approximate surface area is 114 Å². The molecule has 1 N–H and O–H groups in total. The molecule has 108 valence electrons. The molecule has 1 rings (SSSR count). The molecule has 1 fully saturated rings. The predicted molar refractivity (Wildman–Crippen MR) is 78.9 cm³/mol. The molecule has 18 heavy (non-hydrogen) atoms. The van der Waals surface area contributed by atoms with Gasteiger partial charge in [-0.05, 0) is 57.9 Å². The highest BCUT2D eigenvalue weighted by Gasteiger charge is 2.37. The molecule has 0 heterocycles. The number of hydrogen-bond acceptors (Lipinski definition) is 2. The molecule has 0 radical (unpaired) electrons. The van der Waals surface area contributed by atoms with Crippen molar-refractivity contribution in [3.8, 4) is 0 Å². The maximum atomic E-state index is 6.39. The standard InChI is InChI=1S/C16H33NO/c1-8-16(5,6)18-14-11-12(15(2,3)4)9-10-13(14)17-7/h12-14,17H,8-11H2,1-7H3. The van der Waals surface area contributed by atoms with E-state index in [1.807, 2.05) is 0 Å². The van der Waals surface area contributed by atoms with E-state index in [0.29, 0.717) is 17.6 Å². The van der Waals surface area contributed by atoms with Gasteiger partial charge in [-0.2, -0.15) is 0 Å². The quantitative estimate of drug-likeness (QED) is 0.820. The first-order valence-electron chi connectivity index (χ1n) is 7.54. The molecule has 1 aliphatic carbocycles. The third kappa shape index (κ3) is 4.24. The fraction of sp³-hybridized carbons (Fsp3) is 1.00. The van der Waals surface area contributed by atoms with E-state index in [4.69, 9.17) is 4.74 Å². The van der Waals surface area contributed by atoms with E-state index in [-0.39, 0.29) is 5.60 Å². The van der Waals surface area contributed by atoms with Crippen LogP contribution in [0.15, 0.2) is 0 Å². The van der Waals surface area contributed by atoms with Gasteiger partial charge >= 0.3 is 0 Å². The molecule has 0 spiro atoms. The molecular weight excluding hydrogens is 222 g/mol. The van der Waals surface area contributed by atoms with Crippen LogP contribution in [0, 0.1) is 11.3 Å². The second-order valence-corrected chi connectivity index (χ2v) is 7.54. The zero-order valence-corrected chi connectivity index (χ0v) is 13.5. The maximum absolute atomic E-state index is 6.39. The molecule has 0 bridgehead atoms. The molecular formula is C16H33NO. The molecule has 0 aromatic carbocycles. The highest BCUT2D eigenvalue weighted by atomic mass is 16.5. The number of rotatable bonds is 4. The Balaban J connectivity index is 2.71. The molecule has 0 aromatic heterocycles. The van der Waals surface area contributed by atoms with E-state index < -0.39 is 0 Å². The average molecular weight is 255 g/mol. The van der Waals surface area contributed by atoms with Crippen LogP contribution < -0.4 is 5.32 Å². The summed E-state index contributed by atoms with van der Waals surface area (Å²) in [5, 5.41) is 3.45. The van der Waals surface area contributed by atoms with Gasteiger partial charge in [0, 0.05) is 6.04 Å². The predicted octanol–water partition coefficient (Wildman–Crippen LogP) is 3.99. The first kappa shape index (κ1) is 16.0. The third-order valence-electron chi connectivity index (χ3n) is 4.71. The first-order chi connectivity index (χ1) is 8.19. The number of hydrogen-bond donors (Lipinski definition) is 1. The second kappa shape index (κ2) is 5.92. The van der Waals surface area contributed by atoms with Crippen LogP contribution in [0.3, 0.4) is 0 Å². The summed E-state index contributed by atoms with van der Waals surface area (Å²) in [6.45, 7) is 13.7. The lowest BCUT2D eigenvalue weighted by molar-refractivity contribution is -0.113. The summed E-state index contributed by atoms with van der Waals surface area (Å²) in [7, 11) is 2.07. The van der Waals surface area contributed by atoms with Crippen LogP contribution in [0.1, 0.15) is 67.2 Å². The number of likely N-dealkylation sites (N-methyl/N-ethyl adjacent to an activating group) is 1. The third-order valence-corrected chi connectivity index (χ3v) is 4.71. The van der Waals surface area contributed by atoms with Gasteiger partial charge in [0.2, 0.25) is 0 Å². The molecule has 0 amide bonds. The first-order valence-corrected chi connectivity index (χ1v) is 7.54. The number of ether oxygens (including phenoxy) is 1. The highest BCUT2D eigenvalue weighted by Crippen LogP contribution is 2.40. The van der Waals surface area contributed by atoms with Crippen LogP contribution in [0.4, 0.5) is 0 Å². The van der Waals surface area contributed by atoms with Crippen molar-refractivity contribution in [2.24, 2.45) is 11.3 Å². The minimum absolute atomic E-state index is 0.000455. The Hall–Kier alpha value is -0.0800. The fourth-order valence-electron chi connectivity index (χ4n) is 2.87. The fourth-order valence-corrected chi connectivity index (χ4v) is 2.87. The summed E-state index contributed by atoms with van der Waals surface area (Å²) in [6, 6.07) is 0.523. The molecule has 2 nitrogen and oxygen atoms in total. The van der Waals surface area contributed by atoms with Gasteiger partial charge in [-0.15, -0.1) is 0 Å². The van der Waals surface area contributed by atoms with E-state index in [1.54, 1.807) is 0 Å². The van der Waals surface area contributed by atoms with Crippen molar-refractivity contribution in [1.29, 1.82) is 0 Å². The zero-order chi connectivity index (χ0) is 14.0. The largest absolute Gasteiger partial charge is 0.371 e. The summed E-state index contributed by atoms with van der Waals surface area (Å²) in [5.41, 5.74) is 0.399. The van der Waals surface area contributed by atoms with Gasteiger partial charge in [0.25, 0.3) is 0 Å². The monoisotopic (exact) mass is 255 g/mol. The van der Waals surface area contributed by atoms with Crippen LogP contribution in [-0.2, 0) is 4.74 Å². The zero-order valence-electron chi connectivity index (χ0n) is 13.5. The SMILES string of the molecule is CCC(C)(C)OC1CC(C(C)(C)C)CCC1NC. The van der Waals surface area contributed by atoms with Gasteiger partial charge in [-0.3, -0.25) is 0 Å². The van der Waals surface area contributed by atoms with Crippen molar-refractivity contribution in [1.82, 2.24) is 5.32 Å². The van der Waals surface area contributed by atoms with E-state index in [2.05, 4.69) is 53.9 Å². The van der Waals surface area contributed by atoms with Crippen molar-refractivity contribution < 1.29 is 4.74 Å². The molecule has 1 saturated carbocycles. The van der Waals surface area contributed by atoms with Gasteiger partial charge in [-0.25, -0.2) is 0 Å². The minimum atomic E-state index is -0.000455. The Kier molecular flexibility index (Phi) is 5.25. The average Bonchev–Trinajstić information content (AvgIpc) is 2.27. The van der Waals surface area contributed by atoms with Crippen LogP contribution in [0.25, 0.3) is 0 Å². The summed E-state index contributed by atoms with van der Waals surface area (Å²) in [5.74, 6) is 0.778. The molecule has 3 unspecified atom stereocenters. The number of nitrogens with one attached hydrogen (secondary N) is 1.